The van der Waals surface area contributed by atoms with E-state index < -0.39 is 5.60 Å². The summed E-state index contributed by atoms with van der Waals surface area (Å²) in [5, 5.41) is 10.0. The first-order chi connectivity index (χ1) is 5.72. The van der Waals surface area contributed by atoms with Gasteiger partial charge in [0, 0.05) is 4.47 Å². The zero-order chi connectivity index (χ0) is 8.60. The molecule has 0 radical (unpaired) electrons. The molecular formula is C10H11BrO. The topological polar surface area (TPSA) is 20.2 Å². The van der Waals surface area contributed by atoms with Gasteiger partial charge in [-0.05, 0) is 30.9 Å². The highest BCUT2D eigenvalue weighted by Crippen LogP contribution is 2.43. The largest absolute Gasteiger partial charge is 0.385 e. The summed E-state index contributed by atoms with van der Waals surface area (Å²) < 4.78 is 1.02. The van der Waals surface area contributed by atoms with Gasteiger partial charge in [0.15, 0.2) is 0 Å². The average Bonchev–Trinajstić information content (AvgIpc) is 2.01. The van der Waals surface area contributed by atoms with Crippen molar-refractivity contribution in [2.75, 3.05) is 0 Å². The third-order valence-electron chi connectivity index (χ3n) is 2.56. The lowest BCUT2D eigenvalue weighted by Gasteiger charge is -2.37. The van der Waals surface area contributed by atoms with Gasteiger partial charge in [-0.25, -0.2) is 0 Å². The van der Waals surface area contributed by atoms with Crippen LogP contribution in [0.3, 0.4) is 0 Å². The lowest BCUT2D eigenvalue weighted by Crippen LogP contribution is -2.33. The second-order valence-electron chi connectivity index (χ2n) is 3.36. The van der Waals surface area contributed by atoms with E-state index in [1.165, 1.54) is 0 Å². The molecule has 1 aromatic rings. The molecule has 64 valence electrons. The minimum atomic E-state index is -0.542. The second-order valence-corrected chi connectivity index (χ2v) is 4.22. The Bertz CT molecular complexity index is 292. The van der Waals surface area contributed by atoms with E-state index in [1.54, 1.807) is 0 Å². The molecule has 2 rings (SSSR count). The van der Waals surface area contributed by atoms with E-state index in [4.69, 9.17) is 0 Å². The van der Waals surface area contributed by atoms with Crippen LogP contribution in [-0.2, 0) is 5.60 Å². The molecule has 0 aromatic heterocycles. The number of hydrogen-bond acceptors (Lipinski definition) is 1. The third-order valence-corrected chi connectivity index (χ3v) is 3.25. The van der Waals surface area contributed by atoms with Gasteiger partial charge >= 0.3 is 0 Å². The van der Waals surface area contributed by atoms with Crippen LogP contribution in [0.1, 0.15) is 24.8 Å². The van der Waals surface area contributed by atoms with Crippen LogP contribution in [0.4, 0.5) is 0 Å². The molecule has 0 amide bonds. The van der Waals surface area contributed by atoms with Crippen LogP contribution in [0.2, 0.25) is 0 Å². The lowest BCUT2D eigenvalue weighted by molar-refractivity contribution is -0.0394. The summed E-state index contributed by atoms with van der Waals surface area (Å²) in [6.07, 6.45) is 2.93. The molecule has 1 aliphatic carbocycles. The van der Waals surface area contributed by atoms with Gasteiger partial charge in [-0.1, -0.05) is 34.1 Å². The molecule has 1 fully saturated rings. The van der Waals surface area contributed by atoms with Gasteiger partial charge in [0.1, 0.15) is 0 Å². The number of benzene rings is 1. The van der Waals surface area contributed by atoms with E-state index >= 15 is 0 Å². The summed E-state index contributed by atoms with van der Waals surface area (Å²) in [4.78, 5) is 0. The predicted octanol–water partition coefficient (Wildman–Crippen LogP) is 2.82. The number of hydrogen-bond donors (Lipinski definition) is 1. The highest BCUT2D eigenvalue weighted by atomic mass is 79.9. The standard InChI is InChI=1S/C10H11BrO/c11-9-5-2-1-4-8(9)10(12)6-3-7-10/h1-2,4-5,12H,3,6-7H2. The molecule has 1 nitrogen and oxygen atoms in total. The normalized spacial score (nSPS) is 20.2. The zero-order valence-corrected chi connectivity index (χ0v) is 8.34. The van der Waals surface area contributed by atoms with Crippen molar-refractivity contribution in [2.24, 2.45) is 0 Å². The minimum Gasteiger partial charge on any atom is -0.385 e. The Morgan fingerprint density at radius 2 is 1.92 bits per heavy atom. The van der Waals surface area contributed by atoms with Gasteiger partial charge in [-0.15, -0.1) is 0 Å². The summed E-state index contributed by atoms with van der Waals surface area (Å²) in [7, 11) is 0. The Balaban J connectivity index is 2.39. The fourth-order valence-corrected chi connectivity index (χ4v) is 2.27. The van der Waals surface area contributed by atoms with E-state index in [1.807, 2.05) is 24.3 Å². The monoisotopic (exact) mass is 226 g/mol. The van der Waals surface area contributed by atoms with Crippen molar-refractivity contribution < 1.29 is 5.11 Å². The fraction of sp³-hybridized carbons (Fsp3) is 0.400. The van der Waals surface area contributed by atoms with E-state index in [-0.39, 0.29) is 0 Å². The summed E-state index contributed by atoms with van der Waals surface area (Å²) >= 11 is 3.45. The number of rotatable bonds is 1. The molecule has 1 aromatic carbocycles. The first kappa shape index (κ1) is 8.27. The van der Waals surface area contributed by atoms with Crippen molar-refractivity contribution in [3.8, 4) is 0 Å². The van der Waals surface area contributed by atoms with E-state index in [0.717, 1.165) is 29.3 Å². The molecule has 1 N–H and O–H groups in total. The van der Waals surface area contributed by atoms with Crippen molar-refractivity contribution in [1.82, 2.24) is 0 Å². The maximum atomic E-state index is 10.0. The molecule has 12 heavy (non-hydrogen) atoms. The maximum absolute atomic E-state index is 10.0. The second kappa shape index (κ2) is 2.86. The fourth-order valence-electron chi connectivity index (χ4n) is 1.62. The van der Waals surface area contributed by atoms with Crippen molar-refractivity contribution in [2.45, 2.75) is 24.9 Å². The van der Waals surface area contributed by atoms with Crippen LogP contribution in [0.5, 0.6) is 0 Å². The smallest absolute Gasteiger partial charge is 0.0907 e. The number of aliphatic hydroxyl groups is 1. The molecular weight excluding hydrogens is 216 g/mol. The predicted molar refractivity (Wildman–Crippen MR) is 51.9 cm³/mol. The highest BCUT2D eigenvalue weighted by molar-refractivity contribution is 9.10. The van der Waals surface area contributed by atoms with Crippen LogP contribution in [-0.4, -0.2) is 5.11 Å². The molecule has 1 saturated carbocycles. The van der Waals surface area contributed by atoms with E-state index in [9.17, 15) is 5.11 Å². The summed E-state index contributed by atoms with van der Waals surface area (Å²) in [5.41, 5.74) is 0.497. The Morgan fingerprint density at radius 1 is 1.25 bits per heavy atom. The Labute approximate surface area is 80.5 Å². The van der Waals surface area contributed by atoms with Crippen molar-refractivity contribution >= 4 is 15.9 Å². The molecule has 0 spiro atoms. The minimum absolute atomic E-state index is 0.542. The number of halogens is 1. The van der Waals surface area contributed by atoms with Crippen molar-refractivity contribution in [3.05, 3.63) is 34.3 Å². The molecule has 0 atom stereocenters. The molecule has 1 aliphatic rings. The van der Waals surface area contributed by atoms with Crippen molar-refractivity contribution in [3.63, 3.8) is 0 Å². The van der Waals surface area contributed by atoms with Crippen LogP contribution in [0.15, 0.2) is 28.7 Å². The van der Waals surface area contributed by atoms with Crippen LogP contribution >= 0.6 is 15.9 Å². The summed E-state index contributed by atoms with van der Waals surface area (Å²) in [5.74, 6) is 0. The van der Waals surface area contributed by atoms with Gasteiger partial charge in [0.2, 0.25) is 0 Å². The maximum Gasteiger partial charge on any atom is 0.0907 e. The molecule has 0 bridgehead atoms. The van der Waals surface area contributed by atoms with Crippen molar-refractivity contribution in [1.29, 1.82) is 0 Å². The van der Waals surface area contributed by atoms with Crippen LogP contribution in [0.25, 0.3) is 0 Å². The Hall–Kier alpha value is -0.340. The lowest BCUT2D eigenvalue weighted by atomic mass is 9.75. The van der Waals surface area contributed by atoms with Gasteiger partial charge in [0.05, 0.1) is 5.60 Å². The first-order valence-corrected chi connectivity index (χ1v) is 4.99. The van der Waals surface area contributed by atoms with Crippen LogP contribution in [0, 0.1) is 0 Å². The van der Waals surface area contributed by atoms with Gasteiger partial charge < -0.3 is 5.11 Å². The molecule has 0 unspecified atom stereocenters. The highest BCUT2D eigenvalue weighted by Gasteiger charge is 2.37. The zero-order valence-electron chi connectivity index (χ0n) is 6.76. The van der Waals surface area contributed by atoms with E-state index in [0.29, 0.717) is 0 Å². The van der Waals surface area contributed by atoms with Gasteiger partial charge in [-0.2, -0.15) is 0 Å². The molecule has 0 saturated heterocycles. The van der Waals surface area contributed by atoms with Crippen LogP contribution < -0.4 is 0 Å². The molecule has 2 heteroatoms. The third kappa shape index (κ3) is 1.19. The average molecular weight is 227 g/mol. The van der Waals surface area contributed by atoms with E-state index in [2.05, 4.69) is 15.9 Å². The molecule has 0 aliphatic heterocycles. The summed E-state index contributed by atoms with van der Waals surface area (Å²) in [6, 6.07) is 7.90. The molecule has 0 heterocycles. The first-order valence-electron chi connectivity index (χ1n) is 4.20. The summed E-state index contributed by atoms with van der Waals surface area (Å²) in [6.45, 7) is 0. The van der Waals surface area contributed by atoms with Gasteiger partial charge in [-0.3, -0.25) is 0 Å². The Morgan fingerprint density at radius 3 is 2.42 bits per heavy atom. The SMILES string of the molecule is OC1(c2ccccc2Br)CCC1. The quantitative estimate of drug-likeness (QED) is 0.782. The Kier molecular flexibility index (Phi) is 1.97. The van der Waals surface area contributed by atoms with Gasteiger partial charge in [0.25, 0.3) is 0 Å².